The summed E-state index contributed by atoms with van der Waals surface area (Å²) in [6.45, 7) is 4.41. The number of alkyl halides is 3. The number of carbonyl (C=O) groups is 1. The van der Waals surface area contributed by atoms with Gasteiger partial charge in [0.25, 0.3) is 5.91 Å². The Hall–Kier alpha value is -3.20. The van der Waals surface area contributed by atoms with Crippen LogP contribution in [0.2, 0.25) is 0 Å². The molecule has 1 aromatic heterocycles. The van der Waals surface area contributed by atoms with Crippen molar-refractivity contribution in [2.24, 2.45) is 0 Å². The van der Waals surface area contributed by atoms with Gasteiger partial charge in [0, 0.05) is 32.7 Å². The van der Waals surface area contributed by atoms with Crippen LogP contribution in [0.1, 0.15) is 27.2 Å². The normalized spacial score (nSPS) is 15.2. The van der Waals surface area contributed by atoms with Crippen molar-refractivity contribution >= 4 is 5.91 Å². The molecule has 9 heteroatoms. The molecular weight excluding hydrogens is 424 g/mol. The lowest BCUT2D eigenvalue weighted by Crippen LogP contribution is -2.48. The molecular formula is C23H22F4N4O. The number of aromatic nitrogens is 2. The van der Waals surface area contributed by atoms with Crippen molar-refractivity contribution in [3.8, 4) is 5.69 Å². The first-order chi connectivity index (χ1) is 15.2. The minimum Gasteiger partial charge on any atom is -0.336 e. The number of rotatable bonds is 4. The van der Waals surface area contributed by atoms with Crippen LogP contribution in [0.15, 0.2) is 54.7 Å². The van der Waals surface area contributed by atoms with E-state index < -0.39 is 29.2 Å². The average Bonchev–Trinajstić information content (AvgIpc) is 3.20. The lowest BCUT2D eigenvalue weighted by atomic mass is 10.1. The van der Waals surface area contributed by atoms with Crippen LogP contribution in [0.3, 0.4) is 0 Å². The molecule has 1 saturated heterocycles. The van der Waals surface area contributed by atoms with Crippen LogP contribution < -0.4 is 0 Å². The van der Waals surface area contributed by atoms with Crippen LogP contribution in [-0.2, 0) is 12.7 Å². The summed E-state index contributed by atoms with van der Waals surface area (Å²) in [5.41, 5.74) is 0.0997. The van der Waals surface area contributed by atoms with E-state index in [1.54, 1.807) is 0 Å². The highest BCUT2D eigenvalue weighted by Crippen LogP contribution is 2.34. The first-order valence-electron chi connectivity index (χ1n) is 10.2. The number of piperazine rings is 1. The van der Waals surface area contributed by atoms with E-state index in [4.69, 9.17) is 0 Å². The molecule has 0 bridgehead atoms. The van der Waals surface area contributed by atoms with Gasteiger partial charge in [-0.1, -0.05) is 42.0 Å². The molecule has 4 rings (SSSR count). The number of aryl methyl sites for hydroxylation is 1. The molecule has 1 aliphatic rings. The van der Waals surface area contributed by atoms with Gasteiger partial charge in [0.05, 0.1) is 11.8 Å². The third-order valence-corrected chi connectivity index (χ3v) is 5.50. The maximum atomic E-state index is 14.1. The summed E-state index contributed by atoms with van der Waals surface area (Å²) < 4.78 is 56.2. The van der Waals surface area contributed by atoms with Gasteiger partial charge in [-0.2, -0.15) is 18.3 Å². The van der Waals surface area contributed by atoms with Gasteiger partial charge in [0.1, 0.15) is 11.5 Å². The van der Waals surface area contributed by atoms with Gasteiger partial charge in [-0.15, -0.1) is 0 Å². The predicted octanol–water partition coefficient (Wildman–Crippen LogP) is 4.30. The van der Waals surface area contributed by atoms with E-state index in [1.807, 2.05) is 25.1 Å². The maximum Gasteiger partial charge on any atom is 0.434 e. The Morgan fingerprint density at radius 2 is 1.75 bits per heavy atom. The zero-order valence-corrected chi connectivity index (χ0v) is 17.4. The zero-order valence-electron chi connectivity index (χ0n) is 17.4. The highest BCUT2D eigenvalue weighted by Gasteiger charge is 2.42. The van der Waals surface area contributed by atoms with Crippen LogP contribution in [0.25, 0.3) is 5.69 Å². The van der Waals surface area contributed by atoms with Gasteiger partial charge < -0.3 is 4.90 Å². The third-order valence-electron chi connectivity index (χ3n) is 5.50. The zero-order chi connectivity index (χ0) is 22.9. The number of carbonyl (C=O) groups excluding carboxylic acids is 1. The molecule has 1 fully saturated rings. The number of para-hydroxylation sites is 1. The van der Waals surface area contributed by atoms with Crippen molar-refractivity contribution in [1.82, 2.24) is 19.6 Å². The molecule has 1 amide bonds. The van der Waals surface area contributed by atoms with E-state index >= 15 is 0 Å². The molecule has 5 nitrogen and oxygen atoms in total. The van der Waals surface area contributed by atoms with Gasteiger partial charge in [-0.05, 0) is 24.6 Å². The van der Waals surface area contributed by atoms with Crippen molar-refractivity contribution in [2.75, 3.05) is 26.2 Å². The number of halogens is 4. The number of nitrogens with zero attached hydrogens (tertiary/aromatic N) is 4. The molecule has 0 atom stereocenters. The smallest absolute Gasteiger partial charge is 0.336 e. The Morgan fingerprint density at radius 1 is 1.03 bits per heavy atom. The van der Waals surface area contributed by atoms with Crippen LogP contribution in [-0.4, -0.2) is 51.7 Å². The number of benzene rings is 2. The number of amides is 1. The molecule has 0 spiro atoms. The minimum atomic E-state index is -4.88. The summed E-state index contributed by atoms with van der Waals surface area (Å²) in [6, 6.07) is 13.1. The van der Waals surface area contributed by atoms with Crippen LogP contribution in [0, 0.1) is 12.7 Å². The fourth-order valence-corrected chi connectivity index (χ4v) is 3.93. The monoisotopic (exact) mass is 446 g/mol. The highest BCUT2D eigenvalue weighted by atomic mass is 19.4. The Kier molecular flexibility index (Phi) is 6.01. The largest absolute Gasteiger partial charge is 0.434 e. The van der Waals surface area contributed by atoms with Crippen LogP contribution >= 0.6 is 0 Å². The van der Waals surface area contributed by atoms with Crippen LogP contribution in [0.4, 0.5) is 17.6 Å². The second-order valence-electron chi connectivity index (χ2n) is 7.83. The van der Waals surface area contributed by atoms with Gasteiger partial charge >= 0.3 is 6.18 Å². The number of hydrogen-bond acceptors (Lipinski definition) is 3. The SMILES string of the molecule is Cc1cccc(CN2CCN(C(=O)c3cnn(-c4ccccc4F)c3C(F)(F)F)CC2)c1. The van der Waals surface area contributed by atoms with E-state index in [0.717, 1.165) is 23.4 Å². The van der Waals surface area contributed by atoms with Gasteiger partial charge in [-0.3, -0.25) is 9.69 Å². The van der Waals surface area contributed by atoms with Crippen LogP contribution in [0.5, 0.6) is 0 Å². The predicted molar refractivity (Wildman–Crippen MR) is 111 cm³/mol. The van der Waals surface area contributed by atoms with Crippen molar-refractivity contribution in [1.29, 1.82) is 0 Å². The Bertz CT molecular complexity index is 1120. The molecule has 1 aliphatic heterocycles. The molecule has 3 aromatic rings. The molecule has 0 radical (unpaired) electrons. The number of hydrogen-bond donors (Lipinski definition) is 0. The molecule has 0 saturated carbocycles. The van der Waals surface area contributed by atoms with Gasteiger partial charge in [0.15, 0.2) is 5.69 Å². The third kappa shape index (κ3) is 4.52. The molecule has 32 heavy (non-hydrogen) atoms. The lowest BCUT2D eigenvalue weighted by Gasteiger charge is -2.34. The van der Waals surface area contributed by atoms with E-state index in [-0.39, 0.29) is 5.69 Å². The van der Waals surface area contributed by atoms with E-state index in [1.165, 1.54) is 23.1 Å². The summed E-state index contributed by atoms with van der Waals surface area (Å²) in [5.74, 6) is -1.61. The summed E-state index contributed by atoms with van der Waals surface area (Å²) >= 11 is 0. The summed E-state index contributed by atoms with van der Waals surface area (Å²) in [4.78, 5) is 16.5. The summed E-state index contributed by atoms with van der Waals surface area (Å²) in [7, 11) is 0. The molecule has 168 valence electrons. The first kappa shape index (κ1) is 22.0. The van der Waals surface area contributed by atoms with Crippen molar-refractivity contribution in [2.45, 2.75) is 19.6 Å². The Morgan fingerprint density at radius 3 is 2.41 bits per heavy atom. The van der Waals surface area contributed by atoms with Crippen molar-refractivity contribution in [3.05, 3.63) is 82.9 Å². The second kappa shape index (κ2) is 8.74. The Balaban J connectivity index is 1.52. The minimum absolute atomic E-state index is 0.298. The fraction of sp³-hybridized carbons (Fsp3) is 0.304. The molecule has 2 heterocycles. The molecule has 2 aromatic carbocycles. The second-order valence-corrected chi connectivity index (χ2v) is 7.83. The highest BCUT2D eigenvalue weighted by molar-refractivity contribution is 5.95. The molecule has 0 aliphatic carbocycles. The van der Waals surface area contributed by atoms with Gasteiger partial charge in [-0.25, -0.2) is 9.07 Å². The van der Waals surface area contributed by atoms with E-state index in [0.29, 0.717) is 37.4 Å². The first-order valence-corrected chi connectivity index (χ1v) is 10.2. The van der Waals surface area contributed by atoms with Crippen molar-refractivity contribution < 1.29 is 22.4 Å². The molecule has 0 unspecified atom stereocenters. The average molecular weight is 446 g/mol. The quantitative estimate of drug-likeness (QED) is 0.562. The van der Waals surface area contributed by atoms with Crippen molar-refractivity contribution in [3.63, 3.8) is 0 Å². The molecule has 0 N–H and O–H groups in total. The van der Waals surface area contributed by atoms with E-state index in [2.05, 4.69) is 16.1 Å². The Labute approximate surface area is 182 Å². The lowest BCUT2D eigenvalue weighted by molar-refractivity contribution is -0.143. The van der Waals surface area contributed by atoms with E-state index in [9.17, 15) is 22.4 Å². The summed E-state index contributed by atoms with van der Waals surface area (Å²) in [5, 5.41) is 3.71. The summed E-state index contributed by atoms with van der Waals surface area (Å²) in [6.07, 6.45) is -4.01. The van der Waals surface area contributed by atoms with Gasteiger partial charge in [0.2, 0.25) is 0 Å². The topological polar surface area (TPSA) is 41.4 Å². The maximum absolute atomic E-state index is 14.1. The standard InChI is InChI=1S/C23H22F4N4O/c1-16-5-4-6-17(13-16)15-29-9-11-30(12-10-29)22(32)18-14-28-31(21(18)23(25,26)27)20-8-3-2-7-19(20)24/h2-8,13-14H,9-12,15H2,1H3. The fourth-order valence-electron chi connectivity index (χ4n) is 3.93.